The molecule has 2 atom stereocenters. The second-order valence-electron chi connectivity index (χ2n) is 8.80. The van der Waals surface area contributed by atoms with Crippen LogP contribution < -0.4 is 15.9 Å². The van der Waals surface area contributed by atoms with Crippen molar-refractivity contribution in [3.05, 3.63) is 74.0 Å². The minimum Gasteiger partial charge on any atom is -0.483 e. The van der Waals surface area contributed by atoms with Crippen molar-refractivity contribution in [1.82, 2.24) is 9.47 Å². The molecule has 0 saturated carbocycles. The molecule has 166 valence electrons. The van der Waals surface area contributed by atoms with Crippen LogP contribution in [0.3, 0.4) is 0 Å². The highest BCUT2D eigenvalue weighted by Crippen LogP contribution is 2.35. The molecule has 1 fully saturated rings. The first-order valence-electron chi connectivity index (χ1n) is 11.1. The van der Waals surface area contributed by atoms with E-state index in [0.717, 1.165) is 29.5 Å². The molecule has 0 N–H and O–H groups in total. The van der Waals surface area contributed by atoms with Crippen LogP contribution in [0.25, 0.3) is 11.0 Å². The van der Waals surface area contributed by atoms with Gasteiger partial charge in [0.2, 0.25) is 0 Å². The van der Waals surface area contributed by atoms with Gasteiger partial charge in [-0.3, -0.25) is 9.59 Å². The number of fused-ring (bicyclic) bond motifs is 5. The van der Waals surface area contributed by atoms with E-state index in [1.165, 1.54) is 6.07 Å². The molecule has 4 heterocycles. The van der Waals surface area contributed by atoms with E-state index in [0.29, 0.717) is 36.5 Å². The Morgan fingerprint density at radius 2 is 2.00 bits per heavy atom. The topological polar surface area (TPSA) is 81.8 Å². The highest BCUT2D eigenvalue weighted by molar-refractivity contribution is 5.85. The summed E-state index contributed by atoms with van der Waals surface area (Å²) in [5.74, 6) is 0.907. The molecule has 0 spiro atoms. The van der Waals surface area contributed by atoms with Crippen molar-refractivity contribution in [3.8, 4) is 5.75 Å². The van der Waals surface area contributed by atoms with Crippen LogP contribution >= 0.6 is 0 Å². The molecule has 0 unspecified atom stereocenters. The Labute approximate surface area is 185 Å². The number of benzene rings is 1. The average Bonchev–Trinajstić information content (AvgIpc) is 2.79. The summed E-state index contributed by atoms with van der Waals surface area (Å²) in [5, 5.41) is 0.890. The number of hydrogen-bond donors (Lipinski definition) is 0. The predicted octanol–water partition coefficient (Wildman–Crippen LogP) is 2.85. The fourth-order valence-corrected chi connectivity index (χ4v) is 5.19. The zero-order valence-corrected chi connectivity index (χ0v) is 18.3. The number of rotatable bonds is 4. The summed E-state index contributed by atoms with van der Waals surface area (Å²) < 4.78 is 13.2. The summed E-state index contributed by atoms with van der Waals surface area (Å²) in [6.07, 6.45) is 1.73. The lowest BCUT2D eigenvalue weighted by atomic mass is 9.83. The van der Waals surface area contributed by atoms with E-state index >= 15 is 0 Å². The Morgan fingerprint density at radius 3 is 2.81 bits per heavy atom. The van der Waals surface area contributed by atoms with Crippen molar-refractivity contribution in [2.45, 2.75) is 39.2 Å². The average molecular weight is 434 g/mol. The van der Waals surface area contributed by atoms with Crippen molar-refractivity contribution < 1.29 is 13.9 Å². The van der Waals surface area contributed by atoms with Gasteiger partial charge in [-0.25, -0.2) is 4.79 Å². The molecule has 1 saturated heterocycles. The van der Waals surface area contributed by atoms with Gasteiger partial charge in [-0.15, -0.1) is 0 Å². The highest BCUT2D eigenvalue weighted by atomic mass is 16.5. The van der Waals surface area contributed by atoms with Crippen LogP contribution in [0.5, 0.6) is 5.75 Å². The normalized spacial score (nSPS) is 19.6. The van der Waals surface area contributed by atoms with Crippen LogP contribution in [-0.2, 0) is 17.8 Å². The number of likely N-dealkylation sites (tertiary alicyclic amines) is 1. The third-order valence-electron chi connectivity index (χ3n) is 6.76. The smallest absolute Gasteiger partial charge is 0.336 e. The number of piperidine rings is 1. The molecule has 1 amide bonds. The Kier molecular flexibility index (Phi) is 5.12. The zero-order valence-electron chi connectivity index (χ0n) is 18.3. The number of nitrogens with zero attached hydrogens (tertiary/aromatic N) is 2. The van der Waals surface area contributed by atoms with Crippen molar-refractivity contribution in [3.63, 3.8) is 0 Å². The number of aryl methyl sites for hydroxylation is 2. The van der Waals surface area contributed by atoms with Crippen molar-refractivity contribution in [1.29, 1.82) is 0 Å². The summed E-state index contributed by atoms with van der Waals surface area (Å²) >= 11 is 0. The third kappa shape index (κ3) is 3.51. The summed E-state index contributed by atoms with van der Waals surface area (Å²) in [4.78, 5) is 38.9. The van der Waals surface area contributed by atoms with E-state index in [9.17, 15) is 14.4 Å². The van der Waals surface area contributed by atoms with Crippen LogP contribution in [-0.4, -0.2) is 35.1 Å². The number of amides is 1. The predicted molar refractivity (Wildman–Crippen MR) is 120 cm³/mol. The number of pyridine rings is 1. The van der Waals surface area contributed by atoms with E-state index in [1.807, 2.05) is 41.5 Å². The van der Waals surface area contributed by atoms with Gasteiger partial charge in [0, 0.05) is 54.3 Å². The van der Waals surface area contributed by atoms with Crippen LogP contribution in [0, 0.1) is 12.8 Å². The van der Waals surface area contributed by atoms with Gasteiger partial charge in [0.15, 0.2) is 6.61 Å². The second-order valence-corrected chi connectivity index (χ2v) is 8.80. The van der Waals surface area contributed by atoms with Gasteiger partial charge in [-0.1, -0.05) is 13.0 Å². The van der Waals surface area contributed by atoms with E-state index < -0.39 is 0 Å². The molecule has 7 heteroatoms. The molecule has 3 aromatic rings. The van der Waals surface area contributed by atoms with Crippen LogP contribution in [0.1, 0.15) is 36.1 Å². The number of carbonyl (C=O) groups excluding carboxylic acids is 1. The standard InChI is InChI=1S/C25H26N2O5/c1-3-17-10-24(30)32-25-15(2)21(8-7-19(17)25)31-14-23(29)26-11-16-9-18(13-26)20-5-4-6-22(28)27(20)12-16/h4-8,10,16,18H,3,9,11-14H2,1-2H3/t16-,18+/m0/s1. The monoisotopic (exact) mass is 434 g/mol. The van der Waals surface area contributed by atoms with Gasteiger partial charge in [0.25, 0.3) is 11.5 Å². The molecule has 1 aromatic carbocycles. The Balaban J connectivity index is 1.33. The molecule has 32 heavy (non-hydrogen) atoms. The maximum Gasteiger partial charge on any atom is 0.336 e. The molecule has 2 aliphatic rings. The first-order chi connectivity index (χ1) is 15.4. The molecule has 2 aromatic heterocycles. The molecular formula is C25H26N2O5. The van der Waals surface area contributed by atoms with E-state index in [2.05, 4.69) is 0 Å². The van der Waals surface area contributed by atoms with E-state index in [1.54, 1.807) is 12.1 Å². The zero-order chi connectivity index (χ0) is 22.4. The molecule has 5 rings (SSSR count). The summed E-state index contributed by atoms with van der Waals surface area (Å²) in [5.41, 5.74) is 2.82. The molecule has 0 radical (unpaired) electrons. The molecular weight excluding hydrogens is 408 g/mol. The minimum absolute atomic E-state index is 0.0324. The van der Waals surface area contributed by atoms with Crippen LogP contribution in [0.4, 0.5) is 0 Å². The third-order valence-corrected chi connectivity index (χ3v) is 6.76. The van der Waals surface area contributed by atoms with Gasteiger partial charge in [-0.05, 0) is 49.4 Å². The Morgan fingerprint density at radius 1 is 1.16 bits per heavy atom. The lowest BCUT2D eigenvalue weighted by molar-refractivity contribution is -0.136. The van der Waals surface area contributed by atoms with Crippen LogP contribution in [0.15, 0.2) is 50.4 Å². The van der Waals surface area contributed by atoms with Gasteiger partial charge in [0.1, 0.15) is 11.3 Å². The number of ether oxygens (including phenoxy) is 1. The summed E-state index contributed by atoms with van der Waals surface area (Å²) in [7, 11) is 0. The maximum atomic E-state index is 13.0. The fraction of sp³-hybridized carbons (Fsp3) is 0.400. The quantitative estimate of drug-likeness (QED) is 0.590. The molecule has 0 aliphatic carbocycles. The largest absolute Gasteiger partial charge is 0.483 e. The summed E-state index contributed by atoms with van der Waals surface area (Å²) in [6, 6.07) is 10.6. The molecule has 2 bridgehead atoms. The Bertz CT molecular complexity index is 1320. The lowest BCUT2D eigenvalue weighted by Crippen LogP contribution is -2.50. The van der Waals surface area contributed by atoms with Crippen molar-refractivity contribution in [2.24, 2.45) is 5.92 Å². The first-order valence-corrected chi connectivity index (χ1v) is 11.1. The van der Waals surface area contributed by atoms with Crippen LogP contribution in [0.2, 0.25) is 0 Å². The van der Waals surface area contributed by atoms with Gasteiger partial charge >= 0.3 is 5.63 Å². The van der Waals surface area contributed by atoms with Crippen molar-refractivity contribution >= 4 is 16.9 Å². The second kappa shape index (κ2) is 7.97. The Hall–Kier alpha value is -3.35. The molecule has 7 nitrogen and oxygen atoms in total. The lowest BCUT2D eigenvalue weighted by Gasteiger charge is -2.42. The van der Waals surface area contributed by atoms with E-state index in [4.69, 9.17) is 9.15 Å². The first kappa shape index (κ1) is 20.5. The van der Waals surface area contributed by atoms with Gasteiger partial charge < -0.3 is 18.6 Å². The number of carbonyl (C=O) groups is 1. The SMILES string of the molecule is CCc1cc(=O)oc2c(C)c(OCC(=O)N3C[C@@H]4C[C@H](C3)c3cccc(=O)n3C4)ccc12. The molecule has 2 aliphatic heterocycles. The highest BCUT2D eigenvalue weighted by Gasteiger charge is 2.36. The van der Waals surface area contributed by atoms with Gasteiger partial charge in [-0.2, -0.15) is 0 Å². The number of aromatic nitrogens is 1. The fourth-order valence-electron chi connectivity index (χ4n) is 5.19. The maximum absolute atomic E-state index is 13.0. The van der Waals surface area contributed by atoms with Crippen molar-refractivity contribution in [2.75, 3.05) is 19.7 Å². The summed E-state index contributed by atoms with van der Waals surface area (Å²) in [6.45, 7) is 5.63. The van der Waals surface area contributed by atoms with E-state index in [-0.39, 0.29) is 35.5 Å². The number of hydrogen-bond acceptors (Lipinski definition) is 5. The minimum atomic E-state index is -0.384. The van der Waals surface area contributed by atoms with Gasteiger partial charge in [0.05, 0.1) is 0 Å².